The second-order valence-corrected chi connectivity index (χ2v) is 4.80. The first-order valence-corrected chi connectivity index (χ1v) is 6.60. The number of hydrogen-bond donors (Lipinski definition) is 2. The minimum absolute atomic E-state index is 0.0829. The molecule has 1 heterocycles. The molecule has 1 amide bonds. The van der Waals surface area contributed by atoms with Gasteiger partial charge in [0.2, 0.25) is 5.91 Å². The highest BCUT2D eigenvalue weighted by molar-refractivity contribution is 5.87. The summed E-state index contributed by atoms with van der Waals surface area (Å²) in [7, 11) is 0. The van der Waals surface area contributed by atoms with Crippen LogP contribution in [0.25, 0.3) is 0 Å². The Labute approximate surface area is 117 Å². The molecule has 0 aromatic heterocycles. The number of carboxylic acid groups (broad SMARTS) is 1. The Hall–Kier alpha value is -2.14. The predicted molar refractivity (Wildman–Crippen MR) is 75.1 cm³/mol. The van der Waals surface area contributed by atoms with Crippen molar-refractivity contribution in [3.63, 3.8) is 0 Å². The van der Waals surface area contributed by atoms with Gasteiger partial charge < -0.3 is 10.4 Å². The Kier molecular flexibility index (Phi) is 4.90. The van der Waals surface area contributed by atoms with Crippen molar-refractivity contribution in [1.82, 2.24) is 10.2 Å². The van der Waals surface area contributed by atoms with Crippen LogP contribution in [0.4, 0.5) is 0 Å². The van der Waals surface area contributed by atoms with Gasteiger partial charge in [0.05, 0.1) is 6.54 Å². The van der Waals surface area contributed by atoms with Gasteiger partial charge in [-0.05, 0) is 12.0 Å². The van der Waals surface area contributed by atoms with Crippen LogP contribution >= 0.6 is 0 Å². The van der Waals surface area contributed by atoms with Crippen LogP contribution in [-0.4, -0.2) is 41.5 Å². The zero-order chi connectivity index (χ0) is 14.4. The Morgan fingerprint density at radius 2 is 2.00 bits per heavy atom. The highest BCUT2D eigenvalue weighted by Gasteiger charge is 2.19. The minimum atomic E-state index is -0.903. The Morgan fingerprint density at radius 1 is 1.25 bits per heavy atom. The summed E-state index contributed by atoms with van der Waals surface area (Å²) in [5.41, 5.74) is 1.41. The average molecular weight is 274 g/mol. The maximum atomic E-state index is 11.8. The summed E-state index contributed by atoms with van der Waals surface area (Å²) in [4.78, 5) is 24.6. The summed E-state index contributed by atoms with van der Waals surface area (Å²) in [6, 6.07) is 9.68. The van der Waals surface area contributed by atoms with Crippen LogP contribution in [-0.2, 0) is 16.1 Å². The van der Waals surface area contributed by atoms with E-state index in [-0.39, 0.29) is 12.5 Å². The van der Waals surface area contributed by atoms with E-state index in [0.29, 0.717) is 25.1 Å². The van der Waals surface area contributed by atoms with Crippen LogP contribution in [0.15, 0.2) is 42.0 Å². The number of aliphatic carboxylic acids is 1. The molecule has 5 nitrogen and oxygen atoms in total. The van der Waals surface area contributed by atoms with E-state index in [1.165, 1.54) is 0 Å². The number of nitrogens with zero attached hydrogens (tertiary/aromatic N) is 1. The summed E-state index contributed by atoms with van der Waals surface area (Å²) < 4.78 is 0. The van der Waals surface area contributed by atoms with Crippen molar-refractivity contribution in [3.8, 4) is 0 Å². The SMILES string of the molecule is O=C(CN1CCC=C(C(=O)O)C1)NCc1ccccc1. The first kappa shape index (κ1) is 14.3. The first-order valence-electron chi connectivity index (χ1n) is 6.60. The van der Waals surface area contributed by atoms with Gasteiger partial charge in [-0.15, -0.1) is 0 Å². The number of nitrogens with one attached hydrogen (secondary N) is 1. The Balaban J connectivity index is 1.78. The van der Waals surface area contributed by atoms with Gasteiger partial charge in [-0.1, -0.05) is 36.4 Å². The van der Waals surface area contributed by atoms with Crippen LogP contribution in [0.3, 0.4) is 0 Å². The smallest absolute Gasteiger partial charge is 0.332 e. The number of carbonyl (C=O) groups excluding carboxylic acids is 1. The number of carboxylic acids is 1. The highest BCUT2D eigenvalue weighted by Crippen LogP contribution is 2.09. The van der Waals surface area contributed by atoms with Crippen LogP contribution in [0.5, 0.6) is 0 Å². The van der Waals surface area contributed by atoms with E-state index in [1.807, 2.05) is 35.2 Å². The molecule has 2 rings (SSSR count). The second kappa shape index (κ2) is 6.86. The third kappa shape index (κ3) is 4.20. The molecule has 0 saturated heterocycles. The van der Waals surface area contributed by atoms with Crippen LogP contribution in [0.1, 0.15) is 12.0 Å². The molecule has 1 aliphatic heterocycles. The molecule has 20 heavy (non-hydrogen) atoms. The average Bonchev–Trinajstić information content (AvgIpc) is 2.46. The minimum Gasteiger partial charge on any atom is -0.478 e. The van der Waals surface area contributed by atoms with Crippen LogP contribution < -0.4 is 5.32 Å². The van der Waals surface area contributed by atoms with E-state index < -0.39 is 5.97 Å². The Bertz CT molecular complexity index is 511. The van der Waals surface area contributed by atoms with Crippen LogP contribution in [0, 0.1) is 0 Å². The molecule has 0 fully saturated rings. The molecule has 0 atom stereocenters. The van der Waals surface area contributed by atoms with Crippen molar-refractivity contribution in [2.75, 3.05) is 19.6 Å². The molecule has 0 unspecified atom stereocenters. The van der Waals surface area contributed by atoms with Crippen molar-refractivity contribution in [1.29, 1.82) is 0 Å². The molecular formula is C15H18N2O3. The maximum Gasteiger partial charge on any atom is 0.332 e. The van der Waals surface area contributed by atoms with Crippen molar-refractivity contribution in [2.45, 2.75) is 13.0 Å². The van der Waals surface area contributed by atoms with E-state index in [9.17, 15) is 9.59 Å². The summed E-state index contributed by atoms with van der Waals surface area (Å²) in [6.45, 7) is 1.77. The molecule has 2 N–H and O–H groups in total. The second-order valence-electron chi connectivity index (χ2n) is 4.80. The van der Waals surface area contributed by atoms with Gasteiger partial charge in [0.15, 0.2) is 0 Å². The predicted octanol–water partition coefficient (Wildman–Crippen LogP) is 1.02. The van der Waals surface area contributed by atoms with Crippen LogP contribution in [0.2, 0.25) is 0 Å². The summed E-state index contributed by atoms with van der Waals surface area (Å²) in [6.07, 6.45) is 2.40. The zero-order valence-corrected chi connectivity index (χ0v) is 11.2. The monoisotopic (exact) mass is 274 g/mol. The van der Waals surface area contributed by atoms with Gasteiger partial charge >= 0.3 is 5.97 Å². The largest absolute Gasteiger partial charge is 0.478 e. The van der Waals surface area contributed by atoms with E-state index >= 15 is 0 Å². The lowest BCUT2D eigenvalue weighted by molar-refractivity contribution is -0.133. The molecular weight excluding hydrogens is 256 g/mol. The van der Waals surface area contributed by atoms with E-state index in [4.69, 9.17) is 5.11 Å². The summed E-state index contributed by atoms with van der Waals surface area (Å²) >= 11 is 0. The molecule has 1 aromatic carbocycles. The molecule has 0 bridgehead atoms. The lowest BCUT2D eigenvalue weighted by Crippen LogP contribution is -2.40. The number of amides is 1. The molecule has 0 aliphatic carbocycles. The topological polar surface area (TPSA) is 69.6 Å². The van der Waals surface area contributed by atoms with Crippen molar-refractivity contribution in [3.05, 3.63) is 47.5 Å². The molecule has 106 valence electrons. The fraction of sp³-hybridized carbons (Fsp3) is 0.333. The summed E-state index contributed by atoms with van der Waals surface area (Å²) in [5, 5.41) is 11.8. The van der Waals surface area contributed by atoms with Gasteiger partial charge in [-0.2, -0.15) is 0 Å². The normalized spacial score (nSPS) is 15.5. The fourth-order valence-electron chi connectivity index (χ4n) is 2.15. The van der Waals surface area contributed by atoms with Gasteiger partial charge in [0.25, 0.3) is 0 Å². The van der Waals surface area contributed by atoms with Gasteiger partial charge in [-0.25, -0.2) is 4.79 Å². The molecule has 1 aliphatic rings. The highest BCUT2D eigenvalue weighted by atomic mass is 16.4. The quantitative estimate of drug-likeness (QED) is 0.841. The molecule has 0 saturated carbocycles. The van der Waals surface area contributed by atoms with Crippen molar-refractivity contribution in [2.24, 2.45) is 0 Å². The number of benzene rings is 1. The molecule has 0 spiro atoms. The molecule has 5 heteroatoms. The fourth-order valence-corrected chi connectivity index (χ4v) is 2.15. The van der Waals surface area contributed by atoms with E-state index in [1.54, 1.807) is 6.08 Å². The lowest BCUT2D eigenvalue weighted by Gasteiger charge is -2.24. The van der Waals surface area contributed by atoms with Crippen molar-refractivity contribution < 1.29 is 14.7 Å². The molecule has 0 radical (unpaired) electrons. The summed E-state index contributed by atoms with van der Waals surface area (Å²) in [5.74, 6) is -0.986. The van der Waals surface area contributed by atoms with Gasteiger partial charge in [0, 0.05) is 25.2 Å². The maximum absolute atomic E-state index is 11.8. The number of rotatable bonds is 5. The zero-order valence-electron chi connectivity index (χ0n) is 11.2. The van der Waals surface area contributed by atoms with Gasteiger partial charge in [0.1, 0.15) is 0 Å². The Morgan fingerprint density at radius 3 is 2.70 bits per heavy atom. The molecule has 1 aromatic rings. The van der Waals surface area contributed by atoms with Crippen molar-refractivity contribution >= 4 is 11.9 Å². The number of hydrogen-bond acceptors (Lipinski definition) is 3. The lowest BCUT2D eigenvalue weighted by atomic mass is 10.1. The third-order valence-electron chi connectivity index (χ3n) is 3.20. The third-order valence-corrected chi connectivity index (χ3v) is 3.20. The van der Waals surface area contributed by atoms with E-state index in [0.717, 1.165) is 12.1 Å². The number of carbonyl (C=O) groups is 2. The standard InChI is InChI=1S/C15H18N2O3/c18-14(16-9-12-5-2-1-3-6-12)11-17-8-4-7-13(10-17)15(19)20/h1-3,5-7H,4,8-11H2,(H,16,18)(H,19,20). The van der Waals surface area contributed by atoms with Gasteiger partial charge in [-0.3, -0.25) is 9.69 Å². The van der Waals surface area contributed by atoms with E-state index in [2.05, 4.69) is 5.32 Å². The first-order chi connectivity index (χ1) is 9.65.